The van der Waals surface area contributed by atoms with Crippen molar-refractivity contribution >= 4 is 11.6 Å². The number of piperazine rings is 1. The van der Waals surface area contributed by atoms with Crippen LogP contribution in [0.4, 0.5) is 5.69 Å². The molecule has 1 amide bonds. The van der Waals surface area contributed by atoms with Crippen molar-refractivity contribution in [3.63, 3.8) is 0 Å². The fourth-order valence-corrected chi connectivity index (χ4v) is 4.00. The summed E-state index contributed by atoms with van der Waals surface area (Å²) in [6.45, 7) is 12.5. The van der Waals surface area contributed by atoms with Crippen molar-refractivity contribution in [1.29, 1.82) is 0 Å². The molecule has 2 saturated heterocycles. The molecule has 2 fully saturated rings. The van der Waals surface area contributed by atoms with Gasteiger partial charge in [-0.2, -0.15) is 0 Å². The van der Waals surface area contributed by atoms with E-state index in [1.165, 1.54) is 0 Å². The van der Waals surface area contributed by atoms with Crippen molar-refractivity contribution in [2.75, 3.05) is 50.8 Å². The van der Waals surface area contributed by atoms with E-state index >= 15 is 0 Å². The second-order valence-corrected chi connectivity index (χ2v) is 7.26. The number of anilines is 1. The fourth-order valence-electron chi connectivity index (χ4n) is 4.00. The predicted molar refractivity (Wildman–Crippen MR) is 101 cm³/mol. The van der Waals surface area contributed by atoms with E-state index in [9.17, 15) is 4.79 Å². The molecular formula is C20H31N3O2. The SMILES string of the molecule is CC[C@@H]1CN(C(=O)c2ccccc2N2CCOCC2)CCN1C(C)C. The van der Waals surface area contributed by atoms with Crippen molar-refractivity contribution in [2.24, 2.45) is 0 Å². The highest BCUT2D eigenvalue weighted by Gasteiger charge is 2.31. The van der Waals surface area contributed by atoms with Crippen LogP contribution in [0.1, 0.15) is 37.6 Å². The van der Waals surface area contributed by atoms with Crippen molar-refractivity contribution in [2.45, 2.75) is 39.3 Å². The van der Waals surface area contributed by atoms with Crippen molar-refractivity contribution in [3.8, 4) is 0 Å². The lowest BCUT2D eigenvalue weighted by atomic mass is 10.0. The van der Waals surface area contributed by atoms with Crippen LogP contribution in [0.25, 0.3) is 0 Å². The number of rotatable bonds is 4. The molecule has 5 nitrogen and oxygen atoms in total. The number of ether oxygens (including phenoxy) is 1. The third-order valence-corrected chi connectivity index (χ3v) is 5.44. The molecule has 0 unspecified atom stereocenters. The van der Waals surface area contributed by atoms with Gasteiger partial charge in [0.05, 0.1) is 18.8 Å². The highest BCUT2D eigenvalue weighted by Crippen LogP contribution is 2.25. The molecule has 0 aromatic heterocycles. The molecule has 5 heteroatoms. The third-order valence-electron chi connectivity index (χ3n) is 5.44. The number of carbonyl (C=O) groups excluding carboxylic acids is 1. The lowest BCUT2D eigenvalue weighted by Gasteiger charge is -2.43. The average molecular weight is 345 g/mol. The number of morpholine rings is 1. The second kappa shape index (κ2) is 8.19. The maximum absolute atomic E-state index is 13.3. The van der Waals surface area contributed by atoms with Crippen LogP contribution in [0.2, 0.25) is 0 Å². The van der Waals surface area contributed by atoms with E-state index < -0.39 is 0 Å². The largest absolute Gasteiger partial charge is 0.378 e. The van der Waals surface area contributed by atoms with Gasteiger partial charge in [0.1, 0.15) is 0 Å². The van der Waals surface area contributed by atoms with Gasteiger partial charge >= 0.3 is 0 Å². The summed E-state index contributed by atoms with van der Waals surface area (Å²) in [5, 5.41) is 0. The number of benzene rings is 1. The summed E-state index contributed by atoms with van der Waals surface area (Å²) in [5.74, 6) is 0.170. The monoisotopic (exact) mass is 345 g/mol. The van der Waals surface area contributed by atoms with Gasteiger partial charge in [-0.25, -0.2) is 0 Å². The molecule has 1 atom stereocenters. The number of amides is 1. The van der Waals surface area contributed by atoms with E-state index in [-0.39, 0.29) is 5.91 Å². The van der Waals surface area contributed by atoms with Crippen LogP contribution >= 0.6 is 0 Å². The van der Waals surface area contributed by atoms with Crippen LogP contribution in [0.3, 0.4) is 0 Å². The first-order valence-electron chi connectivity index (χ1n) is 9.58. The van der Waals surface area contributed by atoms with Gasteiger partial charge in [0, 0.05) is 50.5 Å². The van der Waals surface area contributed by atoms with E-state index in [4.69, 9.17) is 4.74 Å². The summed E-state index contributed by atoms with van der Waals surface area (Å²) < 4.78 is 5.46. The molecule has 2 aliphatic rings. The molecule has 0 N–H and O–H groups in total. The van der Waals surface area contributed by atoms with E-state index in [2.05, 4.69) is 36.6 Å². The van der Waals surface area contributed by atoms with Crippen LogP contribution in [0, 0.1) is 0 Å². The van der Waals surface area contributed by atoms with Crippen molar-refractivity contribution in [3.05, 3.63) is 29.8 Å². The quantitative estimate of drug-likeness (QED) is 0.840. The summed E-state index contributed by atoms with van der Waals surface area (Å²) in [6.07, 6.45) is 1.08. The maximum Gasteiger partial charge on any atom is 0.256 e. The molecule has 2 aliphatic heterocycles. The second-order valence-electron chi connectivity index (χ2n) is 7.26. The predicted octanol–water partition coefficient (Wildman–Crippen LogP) is 2.47. The Hall–Kier alpha value is -1.59. The molecule has 3 rings (SSSR count). The first-order valence-corrected chi connectivity index (χ1v) is 9.58. The summed E-state index contributed by atoms with van der Waals surface area (Å²) >= 11 is 0. The van der Waals surface area contributed by atoms with Gasteiger partial charge < -0.3 is 14.5 Å². The number of hydrogen-bond donors (Lipinski definition) is 0. The molecule has 0 bridgehead atoms. The molecule has 0 spiro atoms. The van der Waals surface area contributed by atoms with Crippen LogP contribution in [-0.4, -0.2) is 73.7 Å². The number of carbonyl (C=O) groups is 1. The molecule has 0 radical (unpaired) electrons. The van der Waals surface area contributed by atoms with Crippen LogP contribution in [-0.2, 0) is 4.74 Å². The van der Waals surface area contributed by atoms with Crippen molar-refractivity contribution < 1.29 is 9.53 Å². The van der Waals surface area contributed by atoms with E-state index in [1.807, 2.05) is 23.1 Å². The minimum atomic E-state index is 0.170. The first kappa shape index (κ1) is 18.2. The van der Waals surface area contributed by atoms with E-state index in [0.29, 0.717) is 12.1 Å². The van der Waals surface area contributed by atoms with Gasteiger partial charge in [-0.05, 0) is 32.4 Å². The van der Waals surface area contributed by atoms with Crippen molar-refractivity contribution in [1.82, 2.24) is 9.80 Å². The topological polar surface area (TPSA) is 36.0 Å². The Kier molecular flexibility index (Phi) is 5.97. The third kappa shape index (κ3) is 3.98. The maximum atomic E-state index is 13.3. The Labute approximate surface area is 151 Å². The average Bonchev–Trinajstić information content (AvgIpc) is 2.67. The lowest BCUT2D eigenvalue weighted by Crippen LogP contribution is -2.56. The van der Waals surface area contributed by atoms with Crippen LogP contribution in [0.15, 0.2) is 24.3 Å². The zero-order valence-electron chi connectivity index (χ0n) is 15.8. The Morgan fingerprint density at radius 1 is 1.16 bits per heavy atom. The van der Waals surface area contributed by atoms with E-state index in [1.54, 1.807) is 0 Å². The normalized spacial score (nSPS) is 22.5. The lowest BCUT2D eigenvalue weighted by molar-refractivity contribution is 0.0371. The molecule has 0 saturated carbocycles. The standard InChI is InChI=1S/C20H31N3O2/c1-4-17-15-22(9-10-23(17)16(2)3)20(24)18-7-5-6-8-19(18)21-11-13-25-14-12-21/h5-8,16-17H,4,9-15H2,1-3H3/t17-/m1/s1. The van der Waals surface area contributed by atoms with Gasteiger partial charge in [-0.15, -0.1) is 0 Å². The summed E-state index contributed by atoms with van der Waals surface area (Å²) in [6, 6.07) is 9.02. The smallest absolute Gasteiger partial charge is 0.256 e. The Bertz CT molecular complexity index is 584. The Morgan fingerprint density at radius 3 is 2.56 bits per heavy atom. The zero-order valence-corrected chi connectivity index (χ0v) is 15.8. The van der Waals surface area contributed by atoms with Gasteiger partial charge in [-0.1, -0.05) is 19.1 Å². The number of hydrogen-bond acceptors (Lipinski definition) is 4. The summed E-state index contributed by atoms with van der Waals surface area (Å²) in [5.41, 5.74) is 1.88. The minimum Gasteiger partial charge on any atom is -0.378 e. The molecular weight excluding hydrogens is 314 g/mol. The Morgan fingerprint density at radius 2 is 1.88 bits per heavy atom. The number of nitrogens with zero attached hydrogens (tertiary/aromatic N) is 3. The molecule has 0 aliphatic carbocycles. The van der Waals surface area contributed by atoms with Crippen LogP contribution in [0.5, 0.6) is 0 Å². The fraction of sp³-hybridized carbons (Fsp3) is 0.650. The summed E-state index contributed by atoms with van der Waals surface area (Å²) in [7, 11) is 0. The van der Waals surface area contributed by atoms with Gasteiger partial charge in [0.2, 0.25) is 0 Å². The van der Waals surface area contributed by atoms with Gasteiger partial charge in [0.15, 0.2) is 0 Å². The summed E-state index contributed by atoms with van der Waals surface area (Å²) in [4.78, 5) is 20.1. The molecule has 25 heavy (non-hydrogen) atoms. The Balaban J connectivity index is 1.77. The van der Waals surface area contributed by atoms with Crippen LogP contribution < -0.4 is 4.90 Å². The first-order chi connectivity index (χ1) is 12.1. The van der Waals surface area contributed by atoms with Gasteiger partial charge in [0.25, 0.3) is 5.91 Å². The highest BCUT2D eigenvalue weighted by atomic mass is 16.5. The molecule has 1 aromatic carbocycles. The molecule has 1 aromatic rings. The number of para-hydroxylation sites is 1. The molecule has 138 valence electrons. The zero-order chi connectivity index (χ0) is 17.8. The molecule has 2 heterocycles. The minimum absolute atomic E-state index is 0.170. The highest BCUT2D eigenvalue weighted by molar-refractivity contribution is 6.00. The van der Waals surface area contributed by atoms with E-state index in [0.717, 1.165) is 63.6 Å². The van der Waals surface area contributed by atoms with Gasteiger partial charge in [-0.3, -0.25) is 9.69 Å².